The molecule has 18 heavy (non-hydrogen) atoms. The van der Waals surface area contributed by atoms with Crippen LogP contribution in [0.1, 0.15) is 24.8 Å². The highest BCUT2D eigenvalue weighted by Gasteiger charge is 2.29. The summed E-state index contributed by atoms with van der Waals surface area (Å²) in [5, 5.41) is 12.1. The van der Waals surface area contributed by atoms with E-state index in [1.807, 2.05) is 6.07 Å². The van der Waals surface area contributed by atoms with E-state index in [4.69, 9.17) is 22.6 Å². The second-order valence-corrected chi connectivity index (χ2v) is 4.99. The molecule has 0 saturated heterocycles. The normalized spacial score (nSPS) is 15.8. The van der Waals surface area contributed by atoms with Crippen LogP contribution in [0.2, 0.25) is 5.02 Å². The van der Waals surface area contributed by atoms with E-state index in [0.29, 0.717) is 22.2 Å². The number of halogens is 1. The van der Waals surface area contributed by atoms with Crippen LogP contribution in [0.4, 0.5) is 5.69 Å². The molecule has 0 heterocycles. The Morgan fingerprint density at radius 1 is 1.61 bits per heavy atom. The highest BCUT2D eigenvalue weighted by atomic mass is 35.5. The molecule has 2 rings (SSSR count). The van der Waals surface area contributed by atoms with Crippen LogP contribution in [0, 0.1) is 17.2 Å². The average molecular weight is 264 g/mol. The first-order chi connectivity index (χ1) is 8.60. The number of hydrogen-bond donors (Lipinski definition) is 2. The van der Waals surface area contributed by atoms with Gasteiger partial charge in [-0.1, -0.05) is 11.6 Å². The predicted octanol–water partition coefficient (Wildman–Crippen LogP) is 2.28. The summed E-state index contributed by atoms with van der Waals surface area (Å²) in [6.45, 7) is 0. The molecule has 0 aliphatic heterocycles. The SMILES string of the molecule is N#Cc1ccc(Cl)cc1NC(=O)CC(N)C1CC1. The van der Waals surface area contributed by atoms with Crippen LogP contribution in [0.25, 0.3) is 0 Å². The molecule has 1 aromatic carbocycles. The number of nitrogens with one attached hydrogen (secondary N) is 1. The van der Waals surface area contributed by atoms with Crippen molar-refractivity contribution in [3.05, 3.63) is 28.8 Å². The molecule has 0 bridgehead atoms. The zero-order valence-electron chi connectivity index (χ0n) is 9.82. The summed E-state index contributed by atoms with van der Waals surface area (Å²) in [5.41, 5.74) is 6.72. The van der Waals surface area contributed by atoms with E-state index < -0.39 is 0 Å². The van der Waals surface area contributed by atoms with Crippen LogP contribution in [-0.2, 0) is 4.79 Å². The summed E-state index contributed by atoms with van der Waals surface area (Å²) in [5.74, 6) is 0.304. The predicted molar refractivity (Wildman–Crippen MR) is 70.1 cm³/mol. The maximum absolute atomic E-state index is 11.8. The molecule has 1 fully saturated rings. The molecule has 0 radical (unpaired) electrons. The first-order valence-electron chi connectivity index (χ1n) is 5.85. The number of amides is 1. The number of anilines is 1. The fraction of sp³-hybridized carbons (Fsp3) is 0.385. The lowest BCUT2D eigenvalue weighted by Crippen LogP contribution is -2.29. The van der Waals surface area contributed by atoms with Gasteiger partial charge in [-0.3, -0.25) is 4.79 Å². The van der Waals surface area contributed by atoms with Crippen molar-refractivity contribution in [1.29, 1.82) is 5.26 Å². The van der Waals surface area contributed by atoms with Crippen LogP contribution in [0.5, 0.6) is 0 Å². The van der Waals surface area contributed by atoms with Crippen molar-refractivity contribution in [2.45, 2.75) is 25.3 Å². The van der Waals surface area contributed by atoms with Crippen LogP contribution in [0.15, 0.2) is 18.2 Å². The molecule has 1 aliphatic carbocycles. The molecule has 4 nitrogen and oxygen atoms in total. The number of nitrogens with zero attached hydrogens (tertiary/aromatic N) is 1. The van der Waals surface area contributed by atoms with Crippen LogP contribution in [0.3, 0.4) is 0 Å². The van der Waals surface area contributed by atoms with Gasteiger partial charge >= 0.3 is 0 Å². The number of nitriles is 1. The van der Waals surface area contributed by atoms with Crippen LogP contribution >= 0.6 is 11.6 Å². The first kappa shape index (κ1) is 12.9. The Kier molecular flexibility index (Phi) is 3.85. The second-order valence-electron chi connectivity index (χ2n) is 4.56. The summed E-state index contributed by atoms with van der Waals surface area (Å²) < 4.78 is 0. The Balaban J connectivity index is 2.01. The number of carbonyl (C=O) groups is 1. The molecular formula is C13H14ClN3O. The number of rotatable bonds is 4. The van der Waals surface area contributed by atoms with Crippen molar-refractivity contribution in [1.82, 2.24) is 0 Å². The molecule has 1 saturated carbocycles. The summed E-state index contributed by atoms with van der Waals surface area (Å²) in [6.07, 6.45) is 2.49. The summed E-state index contributed by atoms with van der Waals surface area (Å²) in [7, 11) is 0. The fourth-order valence-electron chi connectivity index (χ4n) is 1.82. The van der Waals surface area contributed by atoms with E-state index in [1.54, 1.807) is 18.2 Å². The van der Waals surface area contributed by atoms with Gasteiger partial charge in [0.05, 0.1) is 11.3 Å². The highest BCUT2D eigenvalue weighted by molar-refractivity contribution is 6.31. The molecule has 1 amide bonds. The molecule has 1 unspecified atom stereocenters. The van der Waals surface area contributed by atoms with Crippen molar-refractivity contribution < 1.29 is 4.79 Å². The molecule has 1 atom stereocenters. The van der Waals surface area contributed by atoms with E-state index in [2.05, 4.69) is 5.32 Å². The Bertz CT molecular complexity index is 505. The van der Waals surface area contributed by atoms with E-state index in [-0.39, 0.29) is 18.4 Å². The van der Waals surface area contributed by atoms with E-state index in [1.165, 1.54) is 0 Å². The minimum atomic E-state index is -0.173. The molecule has 5 heteroatoms. The van der Waals surface area contributed by atoms with Gasteiger partial charge in [0.2, 0.25) is 5.91 Å². The largest absolute Gasteiger partial charge is 0.327 e. The first-order valence-corrected chi connectivity index (χ1v) is 6.23. The quantitative estimate of drug-likeness (QED) is 0.875. The van der Waals surface area contributed by atoms with Gasteiger partial charge in [-0.2, -0.15) is 5.26 Å². The van der Waals surface area contributed by atoms with Gasteiger partial charge in [0.25, 0.3) is 0 Å². The van der Waals surface area contributed by atoms with Gasteiger partial charge < -0.3 is 11.1 Å². The third-order valence-corrected chi connectivity index (χ3v) is 3.26. The average Bonchev–Trinajstić information content (AvgIpc) is 3.12. The molecule has 1 aliphatic rings. The lowest BCUT2D eigenvalue weighted by atomic mass is 10.1. The number of carbonyl (C=O) groups excluding carboxylic acids is 1. The van der Waals surface area contributed by atoms with Gasteiger partial charge in [-0.25, -0.2) is 0 Å². The van der Waals surface area contributed by atoms with Crippen molar-refractivity contribution in [3.63, 3.8) is 0 Å². The third-order valence-electron chi connectivity index (χ3n) is 3.02. The Hall–Kier alpha value is -1.57. The molecule has 3 N–H and O–H groups in total. The minimum absolute atomic E-state index is 0.0882. The summed E-state index contributed by atoms with van der Waals surface area (Å²) in [6, 6.07) is 6.69. The molecule has 0 spiro atoms. The van der Waals surface area contributed by atoms with Gasteiger partial charge in [-0.05, 0) is 37.0 Å². The third kappa shape index (κ3) is 3.22. The van der Waals surface area contributed by atoms with Gasteiger partial charge in [0.15, 0.2) is 0 Å². The van der Waals surface area contributed by atoms with Crippen LogP contribution in [-0.4, -0.2) is 11.9 Å². The number of nitrogens with two attached hydrogens (primary N) is 1. The monoisotopic (exact) mass is 263 g/mol. The molecule has 1 aromatic rings. The summed E-state index contributed by atoms with van der Waals surface area (Å²) >= 11 is 5.84. The zero-order valence-corrected chi connectivity index (χ0v) is 10.6. The zero-order chi connectivity index (χ0) is 13.1. The second kappa shape index (κ2) is 5.38. The standard InChI is InChI=1S/C13H14ClN3O/c14-10-4-3-9(7-15)12(5-10)17-13(18)6-11(16)8-1-2-8/h3-5,8,11H,1-2,6,16H2,(H,17,18). The van der Waals surface area contributed by atoms with E-state index in [9.17, 15) is 4.79 Å². The van der Waals surface area contributed by atoms with E-state index in [0.717, 1.165) is 12.8 Å². The smallest absolute Gasteiger partial charge is 0.225 e. The highest BCUT2D eigenvalue weighted by Crippen LogP contribution is 2.33. The Labute approximate surface area is 111 Å². The Morgan fingerprint density at radius 3 is 2.94 bits per heavy atom. The van der Waals surface area contributed by atoms with Crippen LogP contribution < -0.4 is 11.1 Å². The number of hydrogen-bond acceptors (Lipinski definition) is 3. The maximum atomic E-state index is 11.8. The summed E-state index contributed by atoms with van der Waals surface area (Å²) in [4.78, 5) is 11.8. The fourth-order valence-corrected chi connectivity index (χ4v) is 2.00. The number of benzene rings is 1. The van der Waals surface area contributed by atoms with Gasteiger partial charge in [0, 0.05) is 17.5 Å². The molecular weight excluding hydrogens is 250 g/mol. The maximum Gasteiger partial charge on any atom is 0.225 e. The topological polar surface area (TPSA) is 78.9 Å². The van der Waals surface area contributed by atoms with Crippen molar-refractivity contribution in [2.24, 2.45) is 11.7 Å². The van der Waals surface area contributed by atoms with Gasteiger partial charge in [-0.15, -0.1) is 0 Å². The van der Waals surface area contributed by atoms with E-state index >= 15 is 0 Å². The lowest BCUT2D eigenvalue weighted by molar-refractivity contribution is -0.116. The minimum Gasteiger partial charge on any atom is -0.327 e. The Morgan fingerprint density at radius 2 is 2.33 bits per heavy atom. The molecule has 94 valence electrons. The van der Waals surface area contributed by atoms with Crippen molar-refractivity contribution in [2.75, 3.05) is 5.32 Å². The van der Waals surface area contributed by atoms with Crippen molar-refractivity contribution in [3.8, 4) is 6.07 Å². The van der Waals surface area contributed by atoms with Gasteiger partial charge in [0.1, 0.15) is 6.07 Å². The lowest BCUT2D eigenvalue weighted by Gasteiger charge is -2.11. The van der Waals surface area contributed by atoms with Crippen molar-refractivity contribution >= 4 is 23.2 Å². The molecule has 0 aromatic heterocycles.